The van der Waals surface area contributed by atoms with Crippen LogP contribution in [0.3, 0.4) is 0 Å². The van der Waals surface area contributed by atoms with E-state index in [1.165, 1.54) is 12.3 Å². The molecule has 1 amide bonds. The highest BCUT2D eigenvalue weighted by atomic mass is 16.5. The Balaban J connectivity index is 2.02. The Morgan fingerprint density at radius 1 is 1.26 bits per heavy atom. The molecule has 2 heterocycles. The van der Waals surface area contributed by atoms with E-state index in [1.54, 1.807) is 18.2 Å². The van der Waals surface area contributed by atoms with Crippen molar-refractivity contribution in [1.29, 1.82) is 0 Å². The van der Waals surface area contributed by atoms with Gasteiger partial charge in [-0.3, -0.25) is 4.79 Å². The van der Waals surface area contributed by atoms with Gasteiger partial charge in [0.2, 0.25) is 0 Å². The van der Waals surface area contributed by atoms with Crippen LogP contribution in [0, 0.1) is 0 Å². The Morgan fingerprint density at radius 3 is 2.78 bits per heavy atom. The van der Waals surface area contributed by atoms with Crippen LogP contribution in [-0.4, -0.2) is 17.2 Å². The minimum atomic E-state index is -0.621. The fourth-order valence-electron chi connectivity index (χ4n) is 2.14. The van der Waals surface area contributed by atoms with Crippen LogP contribution in [0.15, 0.2) is 50.3 Å². The number of rotatable bonds is 4. The topological polar surface area (TPSA) is 94.6 Å². The molecule has 7 heteroatoms. The lowest BCUT2D eigenvalue weighted by molar-refractivity contribution is 0.102. The molecule has 7 nitrogen and oxygen atoms in total. The van der Waals surface area contributed by atoms with Crippen LogP contribution in [0.2, 0.25) is 0 Å². The average Bonchev–Trinajstić information content (AvgIpc) is 2.98. The lowest BCUT2D eigenvalue weighted by Gasteiger charge is -2.10. The zero-order valence-corrected chi connectivity index (χ0v) is 12.5. The van der Waals surface area contributed by atoms with Gasteiger partial charge in [0.15, 0.2) is 5.82 Å². The number of amides is 1. The molecule has 3 rings (SSSR count). The lowest BCUT2D eigenvalue weighted by atomic mass is 10.1. The second kappa shape index (κ2) is 5.96. The summed E-state index contributed by atoms with van der Waals surface area (Å²) >= 11 is 0. The van der Waals surface area contributed by atoms with Gasteiger partial charge >= 0.3 is 5.63 Å². The second-order valence-electron chi connectivity index (χ2n) is 5.14. The van der Waals surface area contributed by atoms with Crippen LogP contribution >= 0.6 is 0 Å². The molecule has 0 radical (unpaired) electrons. The van der Waals surface area contributed by atoms with Crippen molar-refractivity contribution in [2.75, 3.05) is 5.32 Å². The van der Waals surface area contributed by atoms with Crippen molar-refractivity contribution in [1.82, 2.24) is 5.16 Å². The first-order chi connectivity index (χ1) is 11.0. The first-order valence-corrected chi connectivity index (χ1v) is 6.99. The zero-order chi connectivity index (χ0) is 16.4. The maximum absolute atomic E-state index is 12.3. The summed E-state index contributed by atoms with van der Waals surface area (Å²) < 4.78 is 15.4. The molecule has 0 saturated heterocycles. The molecule has 0 saturated carbocycles. The van der Waals surface area contributed by atoms with Gasteiger partial charge in [-0.15, -0.1) is 0 Å². The molecule has 0 aliphatic rings. The maximum atomic E-state index is 12.3. The van der Waals surface area contributed by atoms with Gasteiger partial charge in [-0.2, -0.15) is 0 Å². The summed E-state index contributed by atoms with van der Waals surface area (Å²) in [5.74, 6) is 0.343. The molecule has 2 aromatic heterocycles. The van der Waals surface area contributed by atoms with E-state index in [-0.39, 0.29) is 23.1 Å². The smallest absolute Gasteiger partial charge is 0.337 e. The highest BCUT2D eigenvalue weighted by Crippen LogP contribution is 2.24. The molecule has 3 aromatic rings. The maximum Gasteiger partial charge on any atom is 0.337 e. The number of nitrogens with zero attached hydrogens (tertiary/aromatic N) is 1. The second-order valence-corrected chi connectivity index (χ2v) is 5.14. The van der Waals surface area contributed by atoms with Crippen molar-refractivity contribution in [2.24, 2.45) is 0 Å². The average molecular weight is 314 g/mol. The van der Waals surface area contributed by atoms with E-state index in [0.29, 0.717) is 11.1 Å². The van der Waals surface area contributed by atoms with Gasteiger partial charge in [0.05, 0.1) is 11.7 Å². The summed E-state index contributed by atoms with van der Waals surface area (Å²) in [6.07, 6.45) is 1.32. The van der Waals surface area contributed by atoms with Crippen LogP contribution in [0.4, 0.5) is 5.82 Å². The minimum Gasteiger partial charge on any atom is -0.491 e. The molecule has 0 fully saturated rings. The summed E-state index contributed by atoms with van der Waals surface area (Å²) in [6.45, 7) is 3.78. The largest absolute Gasteiger partial charge is 0.491 e. The summed E-state index contributed by atoms with van der Waals surface area (Å²) in [6, 6.07) is 7.62. The van der Waals surface area contributed by atoms with Gasteiger partial charge in [0.25, 0.3) is 5.91 Å². The quantitative estimate of drug-likeness (QED) is 0.744. The van der Waals surface area contributed by atoms with Crippen LogP contribution in [0.5, 0.6) is 5.75 Å². The Morgan fingerprint density at radius 2 is 2.09 bits per heavy atom. The Labute approximate surface area is 130 Å². The number of carbonyl (C=O) groups is 1. The number of fused-ring (bicyclic) bond motifs is 1. The van der Waals surface area contributed by atoms with Gasteiger partial charge in [0, 0.05) is 23.6 Å². The van der Waals surface area contributed by atoms with Crippen molar-refractivity contribution in [3.05, 3.63) is 52.6 Å². The molecule has 118 valence electrons. The number of anilines is 1. The number of hydrogen-bond donors (Lipinski definition) is 1. The van der Waals surface area contributed by atoms with Crippen molar-refractivity contribution in [2.45, 2.75) is 20.0 Å². The number of aromatic nitrogens is 1. The van der Waals surface area contributed by atoms with Crippen molar-refractivity contribution in [3.8, 4) is 5.75 Å². The van der Waals surface area contributed by atoms with E-state index in [2.05, 4.69) is 15.0 Å². The Kier molecular flexibility index (Phi) is 3.84. The molecule has 0 bridgehead atoms. The van der Waals surface area contributed by atoms with Crippen molar-refractivity contribution < 1.29 is 18.5 Å². The van der Waals surface area contributed by atoms with E-state index < -0.39 is 11.5 Å². The fraction of sp³-hybridized carbons (Fsp3) is 0.188. The van der Waals surface area contributed by atoms with Gasteiger partial charge in [-0.25, -0.2) is 4.79 Å². The first kappa shape index (κ1) is 14.8. The highest BCUT2D eigenvalue weighted by molar-refractivity contribution is 6.11. The molecule has 1 N–H and O–H groups in total. The molecule has 0 atom stereocenters. The third kappa shape index (κ3) is 3.23. The highest BCUT2D eigenvalue weighted by Gasteiger charge is 2.15. The monoisotopic (exact) mass is 314 g/mol. The number of ether oxygens (including phenoxy) is 1. The predicted octanol–water partition coefficient (Wildman–Crippen LogP) is 2.82. The standard InChI is InChI=1S/C16H14N2O5/c1-9(2)22-10-3-4-11-12(8-15(19)23-13(11)7-10)16(20)17-14-5-6-21-18-14/h3-9H,1-2H3,(H,17,18,20). The number of hydrogen-bond acceptors (Lipinski definition) is 6. The molecule has 0 spiro atoms. The third-order valence-corrected chi connectivity index (χ3v) is 3.01. The van der Waals surface area contributed by atoms with Crippen LogP contribution in [0.25, 0.3) is 11.0 Å². The molecule has 1 aromatic carbocycles. The third-order valence-electron chi connectivity index (χ3n) is 3.01. The van der Waals surface area contributed by atoms with Gasteiger partial charge in [-0.1, -0.05) is 5.16 Å². The number of carbonyl (C=O) groups excluding carboxylic acids is 1. The molecule has 0 unspecified atom stereocenters. The lowest BCUT2D eigenvalue weighted by Crippen LogP contribution is -2.15. The van der Waals surface area contributed by atoms with Crippen LogP contribution in [0.1, 0.15) is 24.2 Å². The molecule has 0 aliphatic heterocycles. The van der Waals surface area contributed by atoms with Crippen molar-refractivity contribution >= 4 is 22.7 Å². The summed E-state index contributed by atoms with van der Waals surface area (Å²) in [7, 11) is 0. The summed E-state index contributed by atoms with van der Waals surface area (Å²) in [4.78, 5) is 24.1. The minimum absolute atomic E-state index is 0.0159. The van der Waals surface area contributed by atoms with Gasteiger partial charge in [-0.05, 0) is 26.0 Å². The Hall–Kier alpha value is -3.09. The molecular weight excluding hydrogens is 300 g/mol. The predicted molar refractivity (Wildman–Crippen MR) is 82.7 cm³/mol. The first-order valence-electron chi connectivity index (χ1n) is 6.99. The van der Waals surface area contributed by atoms with Gasteiger partial charge in [0.1, 0.15) is 17.6 Å². The fourth-order valence-corrected chi connectivity index (χ4v) is 2.14. The Bertz CT molecular complexity index is 896. The van der Waals surface area contributed by atoms with Crippen LogP contribution in [-0.2, 0) is 0 Å². The van der Waals surface area contributed by atoms with E-state index in [4.69, 9.17) is 9.15 Å². The van der Waals surface area contributed by atoms with E-state index in [0.717, 1.165) is 6.07 Å². The van der Waals surface area contributed by atoms with E-state index in [1.807, 2.05) is 13.8 Å². The zero-order valence-electron chi connectivity index (χ0n) is 12.5. The van der Waals surface area contributed by atoms with Crippen molar-refractivity contribution in [3.63, 3.8) is 0 Å². The molecular formula is C16H14N2O5. The number of nitrogens with one attached hydrogen (secondary N) is 1. The van der Waals surface area contributed by atoms with Gasteiger partial charge < -0.3 is 19.0 Å². The SMILES string of the molecule is CC(C)Oc1ccc2c(C(=O)Nc3ccon3)cc(=O)oc2c1. The molecule has 23 heavy (non-hydrogen) atoms. The van der Waals surface area contributed by atoms with Crippen LogP contribution < -0.4 is 15.7 Å². The molecule has 0 aliphatic carbocycles. The number of benzene rings is 1. The normalized spacial score (nSPS) is 10.9. The summed E-state index contributed by atoms with van der Waals surface area (Å²) in [5, 5.41) is 6.65. The van der Waals surface area contributed by atoms with E-state index in [9.17, 15) is 9.59 Å². The van der Waals surface area contributed by atoms with E-state index >= 15 is 0 Å². The summed E-state index contributed by atoms with van der Waals surface area (Å²) in [5.41, 5.74) is -0.152.